The van der Waals surface area contributed by atoms with Crippen molar-refractivity contribution in [3.63, 3.8) is 0 Å². The Balaban J connectivity index is 2.25. The normalized spacial score (nSPS) is 15.4. The van der Waals surface area contributed by atoms with Crippen LogP contribution in [-0.2, 0) is 0 Å². The summed E-state index contributed by atoms with van der Waals surface area (Å²) in [7, 11) is 1.73. The zero-order valence-corrected chi connectivity index (χ0v) is 16.6. The lowest BCUT2D eigenvalue weighted by Gasteiger charge is -2.24. The molecule has 130 valence electrons. The molecule has 0 bridgehead atoms. The molecule has 0 fully saturated rings. The van der Waals surface area contributed by atoms with Crippen molar-refractivity contribution in [3.8, 4) is 5.75 Å². The number of hydrogen-bond donors (Lipinski definition) is 0. The van der Waals surface area contributed by atoms with Crippen molar-refractivity contribution in [2.75, 3.05) is 7.11 Å². The molecule has 1 heterocycles. The van der Waals surface area contributed by atoms with E-state index in [4.69, 9.17) is 9.73 Å². The number of halogens is 1. The lowest BCUT2D eigenvalue weighted by Crippen LogP contribution is -2.09. The van der Waals surface area contributed by atoms with E-state index in [1.54, 1.807) is 7.11 Å². The third-order valence-electron chi connectivity index (χ3n) is 4.90. The molecule has 2 aromatic rings. The van der Waals surface area contributed by atoms with E-state index in [-0.39, 0.29) is 5.92 Å². The molecule has 0 aliphatic carbocycles. The summed E-state index contributed by atoms with van der Waals surface area (Å²) in [6.45, 7) is 4.36. The summed E-state index contributed by atoms with van der Waals surface area (Å²) in [5, 5.41) is 0. The largest absolute Gasteiger partial charge is 0.495 e. The standard InChI is InChI=1S/C22H24BrNO/c1-15-9-7-10-17(16(15)2)21(20-13-5-4-6-14-24-20)18-11-8-12-19(23)22(18)25-3/h7-14,21H,4-6H2,1-3H3. The van der Waals surface area contributed by atoms with E-state index in [0.29, 0.717) is 0 Å². The van der Waals surface area contributed by atoms with E-state index in [0.717, 1.165) is 40.7 Å². The Morgan fingerprint density at radius 2 is 1.80 bits per heavy atom. The summed E-state index contributed by atoms with van der Waals surface area (Å²) in [6.07, 6.45) is 7.60. The van der Waals surface area contributed by atoms with Gasteiger partial charge < -0.3 is 4.74 Å². The molecule has 0 N–H and O–H groups in total. The van der Waals surface area contributed by atoms with E-state index < -0.39 is 0 Å². The second kappa shape index (κ2) is 8.01. The van der Waals surface area contributed by atoms with Crippen LogP contribution in [0.2, 0.25) is 0 Å². The fourth-order valence-electron chi connectivity index (χ4n) is 3.42. The van der Waals surface area contributed by atoms with Gasteiger partial charge in [-0.3, -0.25) is 4.99 Å². The number of nitrogens with zero attached hydrogens (tertiary/aromatic N) is 1. The van der Waals surface area contributed by atoms with E-state index >= 15 is 0 Å². The number of allylic oxidation sites excluding steroid dienone is 2. The highest BCUT2D eigenvalue weighted by atomic mass is 79.9. The van der Waals surface area contributed by atoms with Crippen LogP contribution in [0.1, 0.15) is 47.4 Å². The molecule has 0 saturated heterocycles. The van der Waals surface area contributed by atoms with Gasteiger partial charge in [-0.25, -0.2) is 0 Å². The summed E-state index contributed by atoms with van der Waals surface area (Å²) in [6, 6.07) is 12.8. The Morgan fingerprint density at radius 3 is 2.60 bits per heavy atom. The third-order valence-corrected chi connectivity index (χ3v) is 5.52. The number of aryl methyl sites for hydroxylation is 1. The van der Waals surface area contributed by atoms with Gasteiger partial charge in [0.15, 0.2) is 0 Å². The van der Waals surface area contributed by atoms with Crippen LogP contribution in [0.4, 0.5) is 0 Å². The highest BCUT2D eigenvalue weighted by molar-refractivity contribution is 9.10. The summed E-state index contributed by atoms with van der Waals surface area (Å²) in [5.41, 5.74) is 6.17. The van der Waals surface area contributed by atoms with Crippen LogP contribution < -0.4 is 4.74 Å². The molecule has 3 heteroatoms. The van der Waals surface area contributed by atoms with Crippen LogP contribution >= 0.6 is 15.9 Å². The monoisotopic (exact) mass is 397 g/mol. The van der Waals surface area contributed by atoms with E-state index in [2.05, 4.69) is 72.4 Å². The predicted molar refractivity (Wildman–Crippen MR) is 109 cm³/mol. The first-order valence-corrected chi connectivity index (χ1v) is 9.54. The molecular formula is C22H24BrNO. The highest BCUT2D eigenvalue weighted by Crippen LogP contribution is 2.42. The lowest BCUT2D eigenvalue weighted by atomic mass is 9.84. The van der Waals surface area contributed by atoms with Gasteiger partial charge in [0.05, 0.1) is 17.5 Å². The first kappa shape index (κ1) is 17.9. The molecule has 0 spiro atoms. The SMILES string of the molecule is COc1c(Br)cccc1C(C1=CCCCC=N1)c1cccc(C)c1C. The molecule has 0 radical (unpaired) electrons. The molecule has 0 amide bonds. The van der Waals surface area contributed by atoms with Crippen LogP contribution in [0, 0.1) is 13.8 Å². The molecule has 2 aromatic carbocycles. The molecule has 0 saturated carbocycles. The van der Waals surface area contributed by atoms with Gasteiger partial charge in [0.2, 0.25) is 0 Å². The minimum absolute atomic E-state index is 0.0710. The van der Waals surface area contributed by atoms with Crippen molar-refractivity contribution in [3.05, 3.63) is 74.9 Å². The van der Waals surface area contributed by atoms with Gasteiger partial charge in [0.1, 0.15) is 5.75 Å². The number of para-hydroxylation sites is 1. The topological polar surface area (TPSA) is 21.6 Å². The van der Waals surface area contributed by atoms with E-state index in [1.165, 1.54) is 16.7 Å². The van der Waals surface area contributed by atoms with Crippen molar-refractivity contribution in [2.24, 2.45) is 4.99 Å². The van der Waals surface area contributed by atoms with Crippen LogP contribution in [-0.4, -0.2) is 13.3 Å². The van der Waals surface area contributed by atoms with E-state index in [1.807, 2.05) is 6.07 Å². The maximum atomic E-state index is 5.74. The molecular weight excluding hydrogens is 374 g/mol. The Bertz CT molecular complexity index is 823. The zero-order valence-electron chi connectivity index (χ0n) is 15.1. The summed E-state index contributed by atoms with van der Waals surface area (Å²) in [5.74, 6) is 0.954. The van der Waals surface area contributed by atoms with Crippen molar-refractivity contribution in [1.82, 2.24) is 0 Å². The van der Waals surface area contributed by atoms with Crippen molar-refractivity contribution < 1.29 is 4.74 Å². The number of ether oxygens (including phenoxy) is 1. The van der Waals surface area contributed by atoms with Gasteiger partial charge in [-0.15, -0.1) is 0 Å². The van der Waals surface area contributed by atoms with Crippen molar-refractivity contribution in [1.29, 1.82) is 0 Å². The number of aliphatic imine (C=N–C) groups is 1. The Hall–Kier alpha value is -1.87. The van der Waals surface area contributed by atoms with Gasteiger partial charge in [-0.1, -0.05) is 36.4 Å². The van der Waals surface area contributed by atoms with Gasteiger partial charge in [-0.05, 0) is 71.8 Å². The van der Waals surface area contributed by atoms with Gasteiger partial charge in [0.25, 0.3) is 0 Å². The third kappa shape index (κ3) is 3.72. The summed E-state index contributed by atoms with van der Waals surface area (Å²) >= 11 is 3.64. The maximum Gasteiger partial charge on any atom is 0.137 e. The Morgan fingerprint density at radius 1 is 1.04 bits per heavy atom. The van der Waals surface area contributed by atoms with Crippen LogP contribution in [0.3, 0.4) is 0 Å². The molecule has 25 heavy (non-hydrogen) atoms. The van der Waals surface area contributed by atoms with Crippen LogP contribution in [0.25, 0.3) is 0 Å². The summed E-state index contributed by atoms with van der Waals surface area (Å²) in [4.78, 5) is 4.82. The highest BCUT2D eigenvalue weighted by Gasteiger charge is 2.25. The van der Waals surface area contributed by atoms with Gasteiger partial charge in [-0.2, -0.15) is 0 Å². The van der Waals surface area contributed by atoms with Gasteiger partial charge in [0, 0.05) is 17.5 Å². The zero-order chi connectivity index (χ0) is 17.8. The first-order chi connectivity index (χ1) is 12.1. The van der Waals surface area contributed by atoms with Crippen LogP contribution in [0.15, 0.2) is 57.6 Å². The first-order valence-electron chi connectivity index (χ1n) is 8.74. The molecule has 1 atom stereocenters. The molecule has 1 aliphatic rings. The fourth-order valence-corrected chi connectivity index (χ4v) is 3.96. The number of benzene rings is 2. The molecule has 1 unspecified atom stereocenters. The minimum atomic E-state index is 0.0710. The molecule has 0 aromatic heterocycles. The van der Waals surface area contributed by atoms with Crippen molar-refractivity contribution >= 4 is 22.1 Å². The Labute approximate surface area is 158 Å². The fraction of sp³-hybridized carbons (Fsp3) is 0.318. The average molecular weight is 398 g/mol. The number of hydrogen-bond acceptors (Lipinski definition) is 2. The smallest absolute Gasteiger partial charge is 0.137 e. The number of methoxy groups -OCH3 is 1. The molecule has 3 rings (SSSR count). The van der Waals surface area contributed by atoms with E-state index in [9.17, 15) is 0 Å². The van der Waals surface area contributed by atoms with Crippen molar-refractivity contribution in [2.45, 2.75) is 39.0 Å². The quantitative estimate of drug-likeness (QED) is 0.589. The summed E-state index contributed by atoms with van der Waals surface area (Å²) < 4.78 is 6.72. The maximum absolute atomic E-state index is 5.74. The second-order valence-corrected chi connectivity index (χ2v) is 7.31. The number of rotatable bonds is 4. The average Bonchev–Trinajstić information content (AvgIpc) is 2.88. The van der Waals surface area contributed by atoms with Crippen LogP contribution in [0.5, 0.6) is 5.75 Å². The lowest BCUT2D eigenvalue weighted by molar-refractivity contribution is 0.406. The minimum Gasteiger partial charge on any atom is -0.495 e. The predicted octanol–water partition coefficient (Wildman–Crippen LogP) is 6.35. The molecule has 2 nitrogen and oxygen atoms in total. The molecule has 1 aliphatic heterocycles. The van der Waals surface area contributed by atoms with Gasteiger partial charge >= 0.3 is 0 Å². The second-order valence-electron chi connectivity index (χ2n) is 6.46. The Kier molecular flexibility index (Phi) is 5.74.